The van der Waals surface area contributed by atoms with Crippen LogP contribution in [-0.2, 0) is 0 Å². The maximum absolute atomic E-state index is 12.2. The number of hydrogen-bond acceptors (Lipinski definition) is 2. The van der Waals surface area contributed by atoms with Crippen molar-refractivity contribution < 1.29 is 9.59 Å². The molecule has 2 amide bonds. The quantitative estimate of drug-likeness (QED) is 0.786. The smallest absolute Gasteiger partial charge is 0.255 e. The van der Waals surface area contributed by atoms with E-state index in [4.69, 9.17) is 0 Å². The predicted molar refractivity (Wildman–Crippen MR) is 91.7 cm³/mol. The Morgan fingerprint density at radius 2 is 1.57 bits per heavy atom. The molecule has 2 aromatic rings. The molecule has 5 heteroatoms. The lowest BCUT2D eigenvalue weighted by Gasteiger charge is -2.07. The number of benzene rings is 2. The van der Waals surface area contributed by atoms with Crippen LogP contribution in [0.5, 0.6) is 0 Å². The number of anilines is 1. The molecular weight excluding hydrogens is 379 g/mol. The number of carbonyl (C=O) groups excluding carboxylic acids is 2. The standard InChI is InChI=1S/C16H15IN2O2/c1-10-3-4-12(9-14(10)17)16(21)19-13-7-5-11(6-8-13)15(20)18-2/h3-9H,1-2H3,(H,18,20)(H,19,21). The lowest BCUT2D eigenvalue weighted by Crippen LogP contribution is -2.18. The Kier molecular flexibility index (Phi) is 4.95. The minimum absolute atomic E-state index is 0.152. The van der Waals surface area contributed by atoms with Crippen LogP contribution >= 0.6 is 22.6 Å². The van der Waals surface area contributed by atoms with Crippen molar-refractivity contribution in [1.29, 1.82) is 0 Å². The second-order valence-corrected chi connectivity index (χ2v) is 5.74. The summed E-state index contributed by atoms with van der Waals surface area (Å²) >= 11 is 2.21. The lowest BCUT2D eigenvalue weighted by molar-refractivity contribution is 0.0962. The van der Waals surface area contributed by atoms with Gasteiger partial charge in [0, 0.05) is 27.4 Å². The summed E-state index contributed by atoms with van der Waals surface area (Å²) in [5, 5.41) is 5.37. The van der Waals surface area contributed by atoms with E-state index in [0.29, 0.717) is 16.8 Å². The van der Waals surface area contributed by atoms with Crippen LogP contribution in [0, 0.1) is 10.5 Å². The molecule has 21 heavy (non-hydrogen) atoms. The van der Waals surface area contributed by atoms with Gasteiger partial charge in [-0.2, -0.15) is 0 Å². The van der Waals surface area contributed by atoms with Crippen molar-refractivity contribution in [3.05, 3.63) is 62.7 Å². The SMILES string of the molecule is CNC(=O)c1ccc(NC(=O)c2ccc(C)c(I)c2)cc1. The fourth-order valence-electron chi connectivity index (χ4n) is 1.79. The summed E-state index contributed by atoms with van der Waals surface area (Å²) in [5.41, 5.74) is 2.96. The number of aryl methyl sites for hydroxylation is 1. The van der Waals surface area contributed by atoms with E-state index in [1.165, 1.54) is 0 Å². The average Bonchev–Trinajstić information content (AvgIpc) is 2.50. The number of hydrogen-bond donors (Lipinski definition) is 2. The molecule has 0 aliphatic heterocycles. The molecule has 0 spiro atoms. The topological polar surface area (TPSA) is 58.2 Å². The molecule has 0 aromatic heterocycles. The summed E-state index contributed by atoms with van der Waals surface area (Å²) in [6.45, 7) is 2.00. The van der Waals surface area contributed by atoms with Crippen molar-refractivity contribution in [3.8, 4) is 0 Å². The summed E-state index contributed by atoms with van der Waals surface area (Å²) in [4.78, 5) is 23.6. The summed E-state index contributed by atoms with van der Waals surface area (Å²) in [6, 6.07) is 12.3. The van der Waals surface area contributed by atoms with Gasteiger partial charge in [-0.15, -0.1) is 0 Å². The zero-order chi connectivity index (χ0) is 15.4. The number of rotatable bonds is 3. The van der Waals surface area contributed by atoms with Crippen LogP contribution < -0.4 is 10.6 Å². The first kappa shape index (κ1) is 15.5. The number of nitrogens with one attached hydrogen (secondary N) is 2. The maximum atomic E-state index is 12.2. The van der Waals surface area contributed by atoms with E-state index in [0.717, 1.165) is 9.13 Å². The van der Waals surface area contributed by atoms with Gasteiger partial charge in [-0.1, -0.05) is 6.07 Å². The molecule has 2 aromatic carbocycles. The molecule has 108 valence electrons. The average molecular weight is 394 g/mol. The predicted octanol–water partition coefficient (Wildman–Crippen LogP) is 3.21. The van der Waals surface area contributed by atoms with Gasteiger partial charge in [0.15, 0.2) is 0 Å². The van der Waals surface area contributed by atoms with Gasteiger partial charge in [0.25, 0.3) is 11.8 Å². The molecule has 2 rings (SSSR count). The third-order valence-corrected chi connectivity index (χ3v) is 4.23. The van der Waals surface area contributed by atoms with Crippen molar-refractivity contribution in [3.63, 3.8) is 0 Å². The van der Waals surface area contributed by atoms with Crippen molar-refractivity contribution in [2.24, 2.45) is 0 Å². The minimum Gasteiger partial charge on any atom is -0.355 e. The fraction of sp³-hybridized carbons (Fsp3) is 0.125. The Morgan fingerprint density at radius 1 is 0.952 bits per heavy atom. The van der Waals surface area contributed by atoms with Gasteiger partial charge < -0.3 is 10.6 Å². The summed E-state index contributed by atoms with van der Waals surface area (Å²) in [7, 11) is 1.58. The van der Waals surface area contributed by atoms with E-state index < -0.39 is 0 Å². The maximum Gasteiger partial charge on any atom is 0.255 e. The van der Waals surface area contributed by atoms with Crippen LogP contribution in [-0.4, -0.2) is 18.9 Å². The fourth-order valence-corrected chi connectivity index (χ4v) is 2.30. The third-order valence-electron chi connectivity index (χ3n) is 3.07. The first-order valence-electron chi connectivity index (χ1n) is 6.41. The highest BCUT2D eigenvalue weighted by Gasteiger charge is 2.08. The Hall–Kier alpha value is -1.89. The van der Waals surface area contributed by atoms with E-state index in [1.54, 1.807) is 37.4 Å². The molecular formula is C16H15IN2O2. The Morgan fingerprint density at radius 3 is 2.14 bits per heavy atom. The van der Waals surface area contributed by atoms with Crippen LogP contribution in [0.3, 0.4) is 0 Å². The van der Waals surface area contributed by atoms with E-state index >= 15 is 0 Å². The van der Waals surface area contributed by atoms with Crippen LogP contribution in [0.15, 0.2) is 42.5 Å². The van der Waals surface area contributed by atoms with Crippen LogP contribution in [0.25, 0.3) is 0 Å². The Labute approximate surface area is 137 Å². The normalized spacial score (nSPS) is 10.0. The van der Waals surface area contributed by atoms with Gasteiger partial charge in [0.05, 0.1) is 0 Å². The van der Waals surface area contributed by atoms with E-state index in [2.05, 4.69) is 33.2 Å². The molecule has 0 bridgehead atoms. The van der Waals surface area contributed by atoms with Gasteiger partial charge in [0.2, 0.25) is 0 Å². The highest BCUT2D eigenvalue weighted by Crippen LogP contribution is 2.16. The molecule has 4 nitrogen and oxygen atoms in total. The van der Waals surface area contributed by atoms with Gasteiger partial charge in [-0.05, 0) is 71.5 Å². The molecule has 0 saturated heterocycles. The Balaban J connectivity index is 2.12. The molecule has 0 aliphatic rings. The second-order valence-electron chi connectivity index (χ2n) is 4.57. The molecule has 0 unspecified atom stereocenters. The molecule has 0 aliphatic carbocycles. The highest BCUT2D eigenvalue weighted by molar-refractivity contribution is 14.1. The van der Waals surface area contributed by atoms with Crippen LogP contribution in [0.2, 0.25) is 0 Å². The first-order chi connectivity index (χ1) is 10.0. The molecule has 0 fully saturated rings. The molecule has 2 N–H and O–H groups in total. The minimum atomic E-state index is -0.166. The van der Waals surface area contributed by atoms with Crippen molar-refractivity contribution in [2.45, 2.75) is 6.92 Å². The van der Waals surface area contributed by atoms with Crippen LogP contribution in [0.4, 0.5) is 5.69 Å². The first-order valence-corrected chi connectivity index (χ1v) is 7.49. The Bertz CT molecular complexity index is 681. The van der Waals surface area contributed by atoms with Crippen molar-refractivity contribution >= 4 is 40.1 Å². The van der Waals surface area contributed by atoms with Crippen molar-refractivity contribution in [1.82, 2.24) is 5.32 Å². The molecule has 0 saturated carbocycles. The summed E-state index contributed by atoms with van der Waals surface area (Å²) < 4.78 is 1.05. The summed E-state index contributed by atoms with van der Waals surface area (Å²) in [6.07, 6.45) is 0. The third kappa shape index (κ3) is 3.81. The lowest BCUT2D eigenvalue weighted by atomic mass is 10.1. The van der Waals surface area contributed by atoms with E-state index in [9.17, 15) is 9.59 Å². The van der Waals surface area contributed by atoms with Gasteiger partial charge >= 0.3 is 0 Å². The van der Waals surface area contributed by atoms with Crippen molar-refractivity contribution in [2.75, 3.05) is 12.4 Å². The zero-order valence-electron chi connectivity index (χ0n) is 11.7. The number of carbonyl (C=O) groups is 2. The number of amides is 2. The molecule has 0 atom stereocenters. The van der Waals surface area contributed by atoms with Gasteiger partial charge in [-0.25, -0.2) is 0 Å². The number of halogens is 1. The van der Waals surface area contributed by atoms with Crippen LogP contribution in [0.1, 0.15) is 26.3 Å². The summed E-state index contributed by atoms with van der Waals surface area (Å²) in [5.74, 6) is -0.318. The molecule has 0 radical (unpaired) electrons. The second kappa shape index (κ2) is 6.71. The highest BCUT2D eigenvalue weighted by atomic mass is 127. The van der Waals surface area contributed by atoms with Gasteiger partial charge in [-0.3, -0.25) is 9.59 Å². The van der Waals surface area contributed by atoms with E-state index in [1.807, 2.05) is 19.1 Å². The van der Waals surface area contributed by atoms with Gasteiger partial charge in [0.1, 0.15) is 0 Å². The monoisotopic (exact) mass is 394 g/mol. The largest absolute Gasteiger partial charge is 0.355 e. The molecule has 0 heterocycles. The zero-order valence-corrected chi connectivity index (χ0v) is 13.9. The van der Waals surface area contributed by atoms with E-state index in [-0.39, 0.29) is 11.8 Å².